The first-order valence-corrected chi connectivity index (χ1v) is 5.78. The quantitative estimate of drug-likeness (QED) is 0.766. The molecule has 5 heteroatoms. The Kier molecular flexibility index (Phi) is 2.75. The molecule has 20 heavy (non-hydrogen) atoms. The van der Waals surface area contributed by atoms with Crippen molar-refractivity contribution in [3.63, 3.8) is 0 Å². The van der Waals surface area contributed by atoms with Crippen LogP contribution < -0.4 is 0 Å². The Labute approximate surface area is 112 Å². The van der Waals surface area contributed by atoms with E-state index >= 15 is 0 Å². The van der Waals surface area contributed by atoms with Gasteiger partial charge < -0.3 is 9.52 Å². The van der Waals surface area contributed by atoms with Crippen LogP contribution in [0.3, 0.4) is 0 Å². The molecular weight excluding hydrogens is 266 g/mol. The highest BCUT2D eigenvalue weighted by Crippen LogP contribution is 2.31. The van der Waals surface area contributed by atoms with Crippen molar-refractivity contribution in [3.05, 3.63) is 59.7 Å². The number of furan rings is 1. The monoisotopic (exact) mass is 274 g/mol. The molecule has 3 aromatic rings. The zero-order chi connectivity index (χ0) is 14.3. The number of fused-ring (bicyclic) bond motifs is 1. The molecule has 3 nitrogen and oxygen atoms in total. The van der Waals surface area contributed by atoms with Crippen LogP contribution >= 0.6 is 0 Å². The molecule has 0 aliphatic carbocycles. The number of hydrogen-bond acceptors (Lipinski definition) is 2. The summed E-state index contributed by atoms with van der Waals surface area (Å²) >= 11 is 0. The van der Waals surface area contributed by atoms with Crippen LogP contribution in [0.1, 0.15) is 10.4 Å². The van der Waals surface area contributed by atoms with Crippen molar-refractivity contribution in [2.45, 2.75) is 0 Å². The third kappa shape index (κ3) is 1.84. The zero-order valence-electron chi connectivity index (χ0n) is 10.1. The average molecular weight is 274 g/mol. The third-order valence-corrected chi connectivity index (χ3v) is 2.99. The molecule has 0 fully saturated rings. The minimum Gasteiger partial charge on any atom is -0.478 e. The summed E-state index contributed by atoms with van der Waals surface area (Å²) in [5.74, 6) is -2.74. The number of carbonyl (C=O) groups is 1. The molecule has 100 valence electrons. The van der Waals surface area contributed by atoms with Crippen molar-refractivity contribution >= 4 is 16.9 Å². The molecule has 1 N–H and O–H groups in total. The van der Waals surface area contributed by atoms with Crippen LogP contribution in [0.15, 0.2) is 46.9 Å². The maximum atomic E-state index is 14.1. The third-order valence-electron chi connectivity index (χ3n) is 2.99. The van der Waals surface area contributed by atoms with Gasteiger partial charge in [0.15, 0.2) is 11.4 Å². The molecule has 1 heterocycles. The van der Waals surface area contributed by atoms with E-state index in [0.29, 0.717) is 5.39 Å². The fraction of sp³-hybridized carbons (Fsp3) is 0. The second-order valence-electron chi connectivity index (χ2n) is 4.24. The van der Waals surface area contributed by atoms with Crippen LogP contribution in [0.2, 0.25) is 0 Å². The van der Waals surface area contributed by atoms with E-state index in [-0.39, 0.29) is 16.9 Å². The SMILES string of the molecule is O=C(O)c1cccc(-c2cc3cccc(F)c3o2)c1F. The highest BCUT2D eigenvalue weighted by atomic mass is 19.1. The molecule has 0 saturated heterocycles. The highest BCUT2D eigenvalue weighted by molar-refractivity contribution is 5.90. The fourth-order valence-electron chi connectivity index (χ4n) is 2.05. The van der Waals surface area contributed by atoms with E-state index in [0.717, 1.165) is 6.07 Å². The van der Waals surface area contributed by atoms with E-state index in [1.54, 1.807) is 6.07 Å². The van der Waals surface area contributed by atoms with Crippen molar-refractivity contribution in [3.8, 4) is 11.3 Å². The molecule has 0 spiro atoms. The van der Waals surface area contributed by atoms with Crippen LogP contribution in [0.25, 0.3) is 22.3 Å². The molecule has 1 aromatic heterocycles. The maximum Gasteiger partial charge on any atom is 0.338 e. The molecule has 3 rings (SSSR count). The Morgan fingerprint density at radius 3 is 2.55 bits per heavy atom. The first-order valence-electron chi connectivity index (χ1n) is 5.78. The molecular formula is C15H8F2O3. The number of carboxylic acids is 1. The Morgan fingerprint density at radius 2 is 1.85 bits per heavy atom. The Bertz CT molecular complexity index is 821. The minimum atomic E-state index is -1.37. The lowest BCUT2D eigenvalue weighted by Crippen LogP contribution is -2.01. The van der Waals surface area contributed by atoms with Crippen molar-refractivity contribution in [2.24, 2.45) is 0 Å². The molecule has 0 amide bonds. The lowest BCUT2D eigenvalue weighted by Gasteiger charge is -2.02. The second-order valence-corrected chi connectivity index (χ2v) is 4.24. The van der Waals surface area contributed by atoms with Gasteiger partial charge in [-0.1, -0.05) is 18.2 Å². The fourth-order valence-corrected chi connectivity index (χ4v) is 2.05. The molecule has 0 aliphatic rings. The van der Waals surface area contributed by atoms with Crippen molar-refractivity contribution in [1.29, 1.82) is 0 Å². The Balaban J connectivity index is 2.23. The van der Waals surface area contributed by atoms with Gasteiger partial charge in [0.25, 0.3) is 0 Å². The van der Waals surface area contributed by atoms with Crippen LogP contribution in [0, 0.1) is 11.6 Å². The molecule has 0 atom stereocenters. The summed E-state index contributed by atoms with van der Waals surface area (Å²) in [6, 6.07) is 9.81. The van der Waals surface area contributed by atoms with Crippen molar-refractivity contribution in [1.82, 2.24) is 0 Å². The van der Waals surface area contributed by atoms with Gasteiger partial charge in [-0.25, -0.2) is 13.6 Å². The first-order chi connectivity index (χ1) is 9.58. The van der Waals surface area contributed by atoms with Gasteiger partial charge in [0.1, 0.15) is 11.6 Å². The predicted molar refractivity (Wildman–Crippen MR) is 68.5 cm³/mol. The van der Waals surface area contributed by atoms with E-state index in [4.69, 9.17) is 9.52 Å². The van der Waals surface area contributed by atoms with Crippen molar-refractivity contribution < 1.29 is 23.1 Å². The largest absolute Gasteiger partial charge is 0.478 e. The number of benzene rings is 2. The van der Waals surface area contributed by atoms with Gasteiger partial charge in [-0.3, -0.25) is 0 Å². The summed E-state index contributed by atoms with van der Waals surface area (Å²) in [5.41, 5.74) is -0.452. The van der Waals surface area contributed by atoms with Crippen LogP contribution in [-0.4, -0.2) is 11.1 Å². The number of carboxylic acid groups (broad SMARTS) is 1. The van der Waals surface area contributed by atoms with E-state index in [2.05, 4.69) is 0 Å². The van der Waals surface area contributed by atoms with Crippen LogP contribution in [0.4, 0.5) is 8.78 Å². The minimum absolute atomic E-state index is 0.0134. The first kappa shape index (κ1) is 12.3. The summed E-state index contributed by atoms with van der Waals surface area (Å²) in [5, 5.41) is 9.38. The Morgan fingerprint density at radius 1 is 1.10 bits per heavy atom. The standard InChI is InChI=1S/C15H8F2O3/c16-11-6-1-3-8-7-12(20-14(8)11)9-4-2-5-10(13(9)17)15(18)19/h1-7H,(H,18,19). The van der Waals surface area contributed by atoms with Crippen molar-refractivity contribution in [2.75, 3.05) is 0 Å². The van der Waals surface area contributed by atoms with E-state index in [1.165, 1.54) is 30.3 Å². The lowest BCUT2D eigenvalue weighted by molar-refractivity contribution is 0.0692. The van der Waals surface area contributed by atoms with Gasteiger partial charge in [0.2, 0.25) is 0 Å². The molecule has 0 unspecified atom stereocenters. The number of hydrogen-bond donors (Lipinski definition) is 1. The van der Waals surface area contributed by atoms with Crippen LogP contribution in [-0.2, 0) is 0 Å². The number of halogens is 2. The number of para-hydroxylation sites is 1. The van der Waals surface area contributed by atoms with Gasteiger partial charge in [-0.05, 0) is 24.3 Å². The summed E-state index contributed by atoms with van der Waals surface area (Å²) in [7, 11) is 0. The van der Waals surface area contributed by atoms with E-state index in [9.17, 15) is 13.6 Å². The topological polar surface area (TPSA) is 50.4 Å². The zero-order valence-corrected chi connectivity index (χ0v) is 10.1. The van der Waals surface area contributed by atoms with Crippen LogP contribution in [0.5, 0.6) is 0 Å². The smallest absolute Gasteiger partial charge is 0.338 e. The average Bonchev–Trinajstić information content (AvgIpc) is 2.84. The number of rotatable bonds is 2. The van der Waals surface area contributed by atoms with E-state index < -0.39 is 23.2 Å². The number of aromatic carboxylic acids is 1. The second kappa shape index (κ2) is 4.45. The summed E-state index contributed by atoms with van der Waals surface area (Å²) in [6.45, 7) is 0. The summed E-state index contributed by atoms with van der Waals surface area (Å²) in [6.07, 6.45) is 0. The van der Waals surface area contributed by atoms with Gasteiger partial charge in [0, 0.05) is 5.39 Å². The molecule has 0 saturated carbocycles. The summed E-state index contributed by atoms with van der Waals surface area (Å²) < 4.78 is 32.9. The molecule has 0 radical (unpaired) electrons. The molecule has 0 bridgehead atoms. The molecule has 0 aliphatic heterocycles. The lowest BCUT2D eigenvalue weighted by atomic mass is 10.1. The maximum absolute atomic E-state index is 14.1. The van der Waals surface area contributed by atoms with Gasteiger partial charge >= 0.3 is 5.97 Å². The van der Waals surface area contributed by atoms with Gasteiger partial charge in [-0.15, -0.1) is 0 Å². The highest BCUT2D eigenvalue weighted by Gasteiger charge is 2.18. The predicted octanol–water partition coefficient (Wildman–Crippen LogP) is 4.08. The normalized spacial score (nSPS) is 10.9. The van der Waals surface area contributed by atoms with Gasteiger partial charge in [0.05, 0.1) is 11.1 Å². The Hall–Kier alpha value is -2.69. The summed E-state index contributed by atoms with van der Waals surface area (Å²) in [4.78, 5) is 10.9. The van der Waals surface area contributed by atoms with E-state index in [1.807, 2.05) is 0 Å². The molecule has 2 aromatic carbocycles. The van der Waals surface area contributed by atoms with Gasteiger partial charge in [-0.2, -0.15) is 0 Å².